The Kier molecular flexibility index (Phi) is 3.34. The molecule has 0 saturated heterocycles. The summed E-state index contributed by atoms with van der Waals surface area (Å²) in [5.41, 5.74) is 3.53. The van der Waals surface area contributed by atoms with E-state index in [1.165, 1.54) is 0 Å². The predicted molar refractivity (Wildman–Crippen MR) is 47.0 cm³/mol. The summed E-state index contributed by atoms with van der Waals surface area (Å²) < 4.78 is 62.5. The molecular formula is C8H5BrF5N. The monoisotopic (exact) mass is 289 g/mol. The first-order chi connectivity index (χ1) is 6.73. The van der Waals surface area contributed by atoms with Gasteiger partial charge in [0, 0.05) is 10.0 Å². The first-order valence-electron chi connectivity index (χ1n) is 3.70. The first-order valence-corrected chi connectivity index (χ1v) is 4.49. The van der Waals surface area contributed by atoms with Crippen molar-refractivity contribution >= 4 is 15.9 Å². The van der Waals surface area contributed by atoms with Gasteiger partial charge >= 0.3 is 6.18 Å². The molecule has 0 spiro atoms. The number of nitrogens with two attached hydrogens (primary N) is 1. The highest BCUT2D eigenvalue weighted by atomic mass is 79.9. The Morgan fingerprint density at radius 3 is 1.87 bits per heavy atom. The van der Waals surface area contributed by atoms with Crippen LogP contribution in [-0.2, 0) is 0 Å². The number of halogens is 6. The molecule has 0 unspecified atom stereocenters. The van der Waals surface area contributed by atoms with Crippen LogP contribution >= 0.6 is 15.9 Å². The van der Waals surface area contributed by atoms with Crippen LogP contribution in [-0.4, -0.2) is 6.18 Å². The lowest BCUT2D eigenvalue weighted by Gasteiger charge is -2.17. The van der Waals surface area contributed by atoms with Crippen LogP contribution in [0.3, 0.4) is 0 Å². The first kappa shape index (κ1) is 12.4. The molecular weight excluding hydrogens is 285 g/mol. The third-order valence-corrected chi connectivity index (χ3v) is 2.17. The van der Waals surface area contributed by atoms with Gasteiger partial charge in [-0.15, -0.1) is 0 Å². The van der Waals surface area contributed by atoms with Crippen molar-refractivity contribution < 1.29 is 22.0 Å². The zero-order chi connectivity index (χ0) is 11.8. The highest BCUT2D eigenvalue weighted by Gasteiger charge is 2.41. The summed E-state index contributed by atoms with van der Waals surface area (Å²) in [5, 5.41) is 0. The van der Waals surface area contributed by atoms with Crippen molar-refractivity contribution in [3.05, 3.63) is 33.8 Å². The quantitative estimate of drug-likeness (QED) is 0.789. The van der Waals surface area contributed by atoms with Gasteiger partial charge in [0.25, 0.3) is 0 Å². The fourth-order valence-corrected chi connectivity index (χ4v) is 1.42. The Morgan fingerprint density at radius 1 is 1.13 bits per heavy atom. The number of benzene rings is 1. The van der Waals surface area contributed by atoms with Crippen LogP contribution in [0.15, 0.2) is 16.6 Å². The normalized spacial score (nSPS) is 14.1. The van der Waals surface area contributed by atoms with Gasteiger partial charge in [-0.05, 0) is 12.1 Å². The van der Waals surface area contributed by atoms with Gasteiger partial charge < -0.3 is 5.73 Å². The van der Waals surface area contributed by atoms with Crippen LogP contribution in [0.5, 0.6) is 0 Å². The van der Waals surface area contributed by atoms with E-state index in [1.54, 1.807) is 0 Å². The van der Waals surface area contributed by atoms with Crippen molar-refractivity contribution in [3.63, 3.8) is 0 Å². The fraction of sp³-hybridized carbons (Fsp3) is 0.250. The van der Waals surface area contributed by atoms with Crippen molar-refractivity contribution in [1.82, 2.24) is 0 Å². The van der Waals surface area contributed by atoms with E-state index in [2.05, 4.69) is 15.9 Å². The molecule has 0 fully saturated rings. The molecule has 1 aromatic rings. The molecule has 0 aromatic heterocycles. The van der Waals surface area contributed by atoms with E-state index in [1.807, 2.05) is 0 Å². The molecule has 1 nitrogen and oxygen atoms in total. The summed E-state index contributed by atoms with van der Waals surface area (Å²) in [6.07, 6.45) is -4.88. The largest absolute Gasteiger partial charge is 0.407 e. The van der Waals surface area contributed by atoms with Crippen molar-refractivity contribution in [2.75, 3.05) is 0 Å². The number of rotatable bonds is 1. The molecule has 15 heavy (non-hydrogen) atoms. The van der Waals surface area contributed by atoms with Gasteiger partial charge in [-0.2, -0.15) is 13.2 Å². The maximum absolute atomic E-state index is 13.0. The second-order valence-electron chi connectivity index (χ2n) is 2.80. The summed E-state index contributed by atoms with van der Waals surface area (Å²) in [7, 11) is 0. The standard InChI is InChI=1S/C8H5BrF5N/c9-3-1-4(10)6(5(11)2-3)7(15)8(12,13)14/h1-2,7H,15H2/t7-/m1/s1. The maximum Gasteiger partial charge on any atom is 0.407 e. The maximum atomic E-state index is 13.0. The van der Waals surface area contributed by atoms with Crippen LogP contribution < -0.4 is 5.73 Å². The molecule has 1 atom stereocenters. The van der Waals surface area contributed by atoms with Crippen molar-refractivity contribution in [1.29, 1.82) is 0 Å². The highest BCUT2D eigenvalue weighted by Crippen LogP contribution is 2.34. The average Bonchev–Trinajstić information content (AvgIpc) is 1.99. The highest BCUT2D eigenvalue weighted by molar-refractivity contribution is 9.10. The van der Waals surface area contributed by atoms with Crippen molar-refractivity contribution in [2.45, 2.75) is 12.2 Å². The van der Waals surface area contributed by atoms with Crippen LogP contribution in [0, 0.1) is 11.6 Å². The summed E-state index contributed by atoms with van der Waals surface area (Å²) in [5.74, 6) is -2.65. The summed E-state index contributed by atoms with van der Waals surface area (Å²) in [4.78, 5) is 0. The minimum atomic E-state index is -4.88. The Balaban J connectivity index is 3.26. The molecule has 0 radical (unpaired) electrons. The van der Waals surface area contributed by atoms with E-state index in [-0.39, 0.29) is 4.47 Å². The Hall–Kier alpha value is -0.690. The van der Waals surface area contributed by atoms with E-state index >= 15 is 0 Å². The molecule has 7 heteroatoms. The minimum absolute atomic E-state index is 0.00984. The summed E-state index contributed by atoms with van der Waals surface area (Å²) in [6, 6.07) is -1.21. The average molecular weight is 290 g/mol. The zero-order valence-electron chi connectivity index (χ0n) is 7.08. The number of alkyl halides is 3. The number of hydrogen-bond donors (Lipinski definition) is 1. The van der Waals surface area contributed by atoms with Crippen LogP contribution in [0.25, 0.3) is 0 Å². The van der Waals surface area contributed by atoms with E-state index in [0.717, 1.165) is 12.1 Å². The third-order valence-electron chi connectivity index (χ3n) is 1.71. The van der Waals surface area contributed by atoms with Crippen LogP contribution in [0.2, 0.25) is 0 Å². The lowest BCUT2D eigenvalue weighted by Crippen LogP contribution is -2.30. The second kappa shape index (κ2) is 4.05. The molecule has 0 amide bonds. The second-order valence-corrected chi connectivity index (χ2v) is 3.72. The molecule has 84 valence electrons. The molecule has 0 heterocycles. The molecule has 1 rings (SSSR count). The lowest BCUT2D eigenvalue weighted by molar-refractivity contribution is -0.150. The van der Waals surface area contributed by atoms with E-state index in [0.29, 0.717) is 0 Å². The summed E-state index contributed by atoms with van der Waals surface area (Å²) >= 11 is 2.74. The van der Waals surface area contributed by atoms with Gasteiger partial charge in [-0.3, -0.25) is 0 Å². The van der Waals surface area contributed by atoms with Gasteiger partial charge in [-0.25, -0.2) is 8.78 Å². The topological polar surface area (TPSA) is 26.0 Å². The molecule has 0 saturated carbocycles. The Bertz CT molecular complexity index is 353. The molecule has 0 aliphatic heterocycles. The SMILES string of the molecule is N[C@H](c1c(F)cc(Br)cc1F)C(F)(F)F. The number of hydrogen-bond acceptors (Lipinski definition) is 1. The predicted octanol–water partition coefficient (Wildman–Crippen LogP) is 3.29. The van der Waals surface area contributed by atoms with E-state index in [4.69, 9.17) is 5.73 Å². The zero-order valence-corrected chi connectivity index (χ0v) is 8.66. The fourth-order valence-electron chi connectivity index (χ4n) is 1.01. The molecule has 1 aromatic carbocycles. The summed E-state index contributed by atoms with van der Waals surface area (Å²) in [6.45, 7) is 0. The van der Waals surface area contributed by atoms with Crippen molar-refractivity contribution in [3.8, 4) is 0 Å². The van der Waals surface area contributed by atoms with Crippen LogP contribution in [0.4, 0.5) is 22.0 Å². The Labute approximate surface area is 90.2 Å². The van der Waals surface area contributed by atoms with Gasteiger partial charge in [0.1, 0.15) is 17.7 Å². The van der Waals surface area contributed by atoms with Gasteiger partial charge in [0.15, 0.2) is 0 Å². The smallest absolute Gasteiger partial charge is 0.316 e. The Morgan fingerprint density at radius 2 is 1.53 bits per heavy atom. The minimum Gasteiger partial charge on any atom is -0.316 e. The molecule has 0 aliphatic rings. The van der Waals surface area contributed by atoms with E-state index < -0.39 is 29.4 Å². The van der Waals surface area contributed by atoms with Gasteiger partial charge in [0.2, 0.25) is 0 Å². The molecule has 2 N–H and O–H groups in total. The van der Waals surface area contributed by atoms with Gasteiger partial charge in [0.05, 0.1) is 0 Å². The van der Waals surface area contributed by atoms with Crippen LogP contribution in [0.1, 0.15) is 11.6 Å². The molecule has 0 aliphatic carbocycles. The molecule has 0 bridgehead atoms. The van der Waals surface area contributed by atoms with Gasteiger partial charge in [-0.1, -0.05) is 15.9 Å². The third kappa shape index (κ3) is 2.66. The lowest BCUT2D eigenvalue weighted by atomic mass is 10.1. The van der Waals surface area contributed by atoms with Crippen molar-refractivity contribution in [2.24, 2.45) is 5.73 Å². The van der Waals surface area contributed by atoms with E-state index in [9.17, 15) is 22.0 Å².